The zero-order chi connectivity index (χ0) is 38.3. The highest BCUT2D eigenvalue weighted by Gasteiger charge is 2.29. The van der Waals surface area contributed by atoms with Gasteiger partial charge in [0.15, 0.2) is 0 Å². The van der Waals surface area contributed by atoms with Crippen molar-refractivity contribution in [3.05, 3.63) is 59.7 Å². The molecule has 0 radical (unpaired) electrons. The number of rotatable bonds is 34. The van der Waals surface area contributed by atoms with E-state index in [1.165, 1.54) is 22.3 Å². The Labute approximate surface area is 327 Å². The van der Waals surface area contributed by atoms with Crippen LogP contribution in [0.1, 0.15) is 36.3 Å². The predicted octanol–water partition coefficient (Wildman–Crippen LogP) is 3.83. The molecule has 1 amide bonds. The van der Waals surface area contributed by atoms with Gasteiger partial charge in [0, 0.05) is 19.1 Å². The van der Waals surface area contributed by atoms with Gasteiger partial charge in [0.2, 0.25) is 0 Å². The summed E-state index contributed by atoms with van der Waals surface area (Å²) in [5, 5.41) is 6.14. The van der Waals surface area contributed by atoms with Gasteiger partial charge >= 0.3 is 6.09 Å². The number of carbonyl (C=O) groups excluding carboxylic acids is 1. The summed E-state index contributed by atoms with van der Waals surface area (Å²) < 4.78 is 61.1. The molecule has 0 saturated carbocycles. The quantitative estimate of drug-likeness (QED) is 0.0996. The van der Waals surface area contributed by atoms with Crippen LogP contribution in [0.15, 0.2) is 48.5 Å². The molecule has 2 aliphatic rings. The lowest BCUT2D eigenvalue weighted by molar-refractivity contribution is -0.0321. The molecule has 1 fully saturated rings. The van der Waals surface area contributed by atoms with Gasteiger partial charge in [-0.05, 0) is 54.6 Å². The van der Waals surface area contributed by atoms with Crippen LogP contribution in [0.2, 0.25) is 0 Å². The molecule has 0 spiro atoms. The molecule has 1 aliphatic heterocycles. The maximum Gasteiger partial charge on any atom is 0.407 e. The van der Waals surface area contributed by atoms with Gasteiger partial charge in [-0.3, -0.25) is 0 Å². The highest BCUT2D eigenvalue weighted by molar-refractivity contribution is 5.79. The summed E-state index contributed by atoms with van der Waals surface area (Å²) in [5.41, 5.74) is 4.81. The molecule has 0 atom stereocenters. The molecule has 0 bridgehead atoms. The summed E-state index contributed by atoms with van der Waals surface area (Å²) in [4.78, 5) is 12.3. The minimum atomic E-state index is -0.413. The number of benzene rings is 2. The molecule has 14 nitrogen and oxygen atoms in total. The summed E-state index contributed by atoms with van der Waals surface area (Å²) in [7, 11) is 0. The van der Waals surface area contributed by atoms with Crippen molar-refractivity contribution in [1.29, 1.82) is 0 Å². The van der Waals surface area contributed by atoms with E-state index in [4.69, 9.17) is 52.1 Å². The Morgan fingerprint density at radius 3 is 1.35 bits per heavy atom. The third-order valence-electron chi connectivity index (χ3n) is 8.92. The second-order valence-corrected chi connectivity index (χ2v) is 12.9. The number of carbonyl (C=O) groups is 1. The lowest BCUT2D eigenvalue weighted by Crippen LogP contribution is -2.33. The third kappa shape index (κ3) is 19.8. The van der Waals surface area contributed by atoms with Crippen molar-refractivity contribution in [2.75, 3.05) is 152 Å². The zero-order valence-electron chi connectivity index (χ0n) is 32.6. The zero-order valence-corrected chi connectivity index (χ0v) is 32.6. The van der Waals surface area contributed by atoms with E-state index >= 15 is 0 Å². The average Bonchev–Trinajstić information content (AvgIpc) is 3.54. The number of ether oxygens (including phenoxy) is 11. The molecule has 2 aromatic rings. The number of hydrogen-bond acceptors (Lipinski definition) is 13. The van der Waals surface area contributed by atoms with Crippen LogP contribution in [-0.4, -0.2) is 164 Å². The van der Waals surface area contributed by atoms with Crippen LogP contribution in [0.5, 0.6) is 0 Å². The van der Waals surface area contributed by atoms with Gasteiger partial charge in [0.1, 0.15) is 6.61 Å². The van der Waals surface area contributed by atoms with Crippen LogP contribution in [0, 0.1) is 0 Å². The Morgan fingerprint density at radius 2 is 0.909 bits per heavy atom. The molecule has 14 heteroatoms. The summed E-state index contributed by atoms with van der Waals surface area (Å²) in [6.45, 7) is 12.8. The molecule has 55 heavy (non-hydrogen) atoms. The fraction of sp³-hybridized carbons (Fsp3) is 0.683. The Morgan fingerprint density at radius 1 is 0.527 bits per heavy atom. The van der Waals surface area contributed by atoms with E-state index in [2.05, 4.69) is 34.9 Å². The first-order valence-electron chi connectivity index (χ1n) is 19.9. The molecule has 2 aromatic carbocycles. The van der Waals surface area contributed by atoms with Crippen LogP contribution >= 0.6 is 0 Å². The van der Waals surface area contributed by atoms with Crippen molar-refractivity contribution in [2.45, 2.75) is 31.3 Å². The van der Waals surface area contributed by atoms with Gasteiger partial charge in [0.05, 0.1) is 125 Å². The minimum Gasteiger partial charge on any atom is -0.449 e. The lowest BCUT2D eigenvalue weighted by atomic mass is 9.98. The number of hydrogen-bond donors (Lipinski definition) is 2. The standard InChI is InChI=1S/C41H64N2O12/c44-41(55-34-40-38-8-3-1-6-36(38)37-7-2-4-9-39(37)40)43-12-5-15-45-16-17-46-18-19-47-20-21-48-22-23-49-24-25-50-26-27-51-28-29-52-30-31-53-32-33-54-35-10-13-42-14-11-35/h1-4,6-9,35,40,42H,5,10-34H2,(H,43,44). The topological polar surface area (TPSA) is 143 Å². The second-order valence-electron chi connectivity index (χ2n) is 12.9. The Kier molecular flexibility index (Phi) is 24.9. The van der Waals surface area contributed by atoms with Crippen molar-refractivity contribution in [3.8, 4) is 11.1 Å². The van der Waals surface area contributed by atoms with E-state index in [0.717, 1.165) is 25.9 Å². The van der Waals surface area contributed by atoms with Gasteiger partial charge < -0.3 is 62.7 Å². The molecule has 310 valence electrons. The normalized spacial score (nSPS) is 14.3. The maximum absolute atomic E-state index is 12.3. The van der Waals surface area contributed by atoms with E-state index in [1.807, 2.05) is 24.3 Å². The summed E-state index contributed by atoms with van der Waals surface area (Å²) in [5.74, 6) is 0.0510. The summed E-state index contributed by atoms with van der Waals surface area (Å²) in [6.07, 6.45) is 2.79. The lowest BCUT2D eigenvalue weighted by Gasteiger charge is -2.22. The number of amides is 1. The monoisotopic (exact) mass is 776 g/mol. The van der Waals surface area contributed by atoms with Crippen LogP contribution in [0.4, 0.5) is 4.79 Å². The van der Waals surface area contributed by atoms with Gasteiger partial charge in [-0.25, -0.2) is 4.79 Å². The Hall–Kier alpha value is -2.73. The van der Waals surface area contributed by atoms with Crippen molar-refractivity contribution >= 4 is 6.09 Å². The minimum absolute atomic E-state index is 0.0510. The molecule has 0 unspecified atom stereocenters. The first-order chi connectivity index (χ1) is 27.3. The molecule has 0 aromatic heterocycles. The van der Waals surface area contributed by atoms with E-state index < -0.39 is 6.09 Å². The van der Waals surface area contributed by atoms with Crippen molar-refractivity contribution in [3.63, 3.8) is 0 Å². The third-order valence-corrected chi connectivity index (χ3v) is 8.92. The molecule has 2 N–H and O–H groups in total. The number of alkyl carbamates (subject to hydrolysis) is 1. The van der Waals surface area contributed by atoms with Crippen LogP contribution in [-0.2, 0) is 52.1 Å². The molecule has 1 heterocycles. The fourth-order valence-electron chi connectivity index (χ4n) is 6.11. The van der Waals surface area contributed by atoms with Crippen LogP contribution in [0.3, 0.4) is 0 Å². The first-order valence-corrected chi connectivity index (χ1v) is 19.9. The second kappa shape index (κ2) is 30.4. The number of fused-ring (bicyclic) bond motifs is 3. The molecular weight excluding hydrogens is 712 g/mol. The molecular formula is C41H64N2O12. The first kappa shape index (κ1) is 45.0. The van der Waals surface area contributed by atoms with Gasteiger partial charge in [-0.15, -0.1) is 0 Å². The van der Waals surface area contributed by atoms with Gasteiger partial charge in [0.25, 0.3) is 0 Å². The average molecular weight is 777 g/mol. The van der Waals surface area contributed by atoms with Gasteiger partial charge in [-0.2, -0.15) is 0 Å². The summed E-state index contributed by atoms with van der Waals surface area (Å²) in [6, 6.07) is 16.6. The highest BCUT2D eigenvalue weighted by Crippen LogP contribution is 2.44. The highest BCUT2D eigenvalue weighted by atomic mass is 16.6. The van der Waals surface area contributed by atoms with Crippen LogP contribution < -0.4 is 10.6 Å². The smallest absolute Gasteiger partial charge is 0.407 e. The van der Waals surface area contributed by atoms with E-state index in [0.29, 0.717) is 151 Å². The van der Waals surface area contributed by atoms with Crippen molar-refractivity contribution in [1.82, 2.24) is 10.6 Å². The fourth-order valence-corrected chi connectivity index (χ4v) is 6.11. The SMILES string of the molecule is O=C(NCCCOCCOCCOCCOCCOCCOCCOCCOCCOCCOC1CCNCC1)OCC1c2ccccc2-c2ccccc21. The van der Waals surface area contributed by atoms with E-state index in [-0.39, 0.29) is 5.92 Å². The predicted molar refractivity (Wildman–Crippen MR) is 207 cm³/mol. The summed E-state index contributed by atoms with van der Waals surface area (Å²) >= 11 is 0. The maximum atomic E-state index is 12.3. The molecule has 1 aliphatic carbocycles. The van der Waals surface area contributed by atoms with E-state index in [9.17, 15) is 4.79 Å². The van der Waals surface area contributed by atoms with E-state index in [1.54, 1.807) is 0 Å². The molecule has 1 saturated heterocycles. The Balaban J connectivity index is 0.783. The van der Waals surface area contributed by atoms with Crippen LogP contribution in [0.25, 0.3) is 11.1 Å². The van der Waals surface area contributed by atoms with Gasteiger partial charge in [-0.1, -0.05) is 48.5 Å². The number of nitrogens with one attached hydrogen (secondary N) is 2. The van der Waals surface area contributed by atoms with Crippen molar-refractivity contribution in [2.24, 2.45) is 0 Å². The van der Waals surface area contributed by atoms with Crippen molar-refractivity contribution < 1.29 is 56.9 Å². The largest absolute Gasteiger partial charge is 0.449 e. The molecule has 4 rings (SSSR count). The Bertz CT molecular complexity index is 1210. The number of piperidine rings is 1.